The van der Waals surface area contributed by atoms with Gasteiger partial charge in [-0.25, -0.2) is 0 Å². The predicted molar refractivity (Wildman–Crippen MR) is 41.7 cm³/mol. The minimum absolute atomic E-state index is 0.0874. The van der Waals surface area contributed by atoms with E-state index >= 15 is 0 Å². The van der Waals surface area contributed by atoms with Crippen LogP contribution in [0.25, 0.3) is 0 Å². The Balaban J connectivity index is 2.17. The first-order chi connectivity index (χ1) is 5.34. The van der Waals surface area contributed by atoms with E-state index in [2.05, 4.69) is 0 Å². The van der Waals surface area contributed by atoms with Crippen molar-refractivity contribution in [2.24, 2.45) is 0 Å². The molecular formula is C8H14NO2. The highest BCUT2D eigenvalue weighted by molar-refractivity contribution is 5.78. The molecule has 0 aromatic rings. The lowest BCUT2D eigenvalue weighted by Gasteiger charge is -2.13. The van der Waals surface area contributed by atoms with Crippen molar-refractivity contribution in [1.29, 1.82) is 0 Å². The average Bonchev–Trinajstić information content (AvgIpc) is 2.52. The lowest BCUT2D eigenvalue weighted by molar-refractivity contribution is -0.133. The number of nitrogens with zero attached hydrogens (tertiary/aromatic N) is 1. The summed E-state index contributed by atoms with van der Waals surface area (Å²) < 4.78 is 5.00. The predicted octanol–water partition coefficient (Wildman–Crippen LogP) is 0.807. The van der Waals surface area contributed by atoms with Gasteiger partial charge in [0.25, 0.3) is 0 Å². The van der Waals surface area contributed by atoms with Gasteiger partial charge in [-0.3, -0.25) is 4.79 Å². The van der Waals surface area contributed by atoms with Crippen LogP contribution in [0.3, 0.4) is 0 Å². The molecule has 1 aliphatic heterocycles. The fourth-order valence-electron chi connectivity index (χ4n) is 1.10. The molecule has 0 aromatic carbocycles. The quantitative estimate of drug-likeness (QED) is 0.605. The zero-order valence-corrected chi connectivity index (χ0v) is 6.88. The summed E-state index contributed by atoms with van der Waals surface area (Å²) in [4.78, 5) is 12.9. The Labute approximate surface area is 67.3 Å². The van der Waals surface area contributed by atoms with E-state index in [9.17, 15) is 4.79 Å². The zero-order valence-electron chi connectivity index (χ0n) is 6.88. The molecule has 0 saturated carbocycles. The number of ether oxygens (including phenoxy) is 1. The van der Waals surface area contributed by atoms with Gasteiger partial charge in [-0.05, 0) is 19.8 Å². The SMILES string of the molecule is CCOCC(=O)N1[CH]CCC1. The molecule has 1 aliphatic rings. The van der Waals surface area contributed by atoms with Crippen LogP contribution in [-0.4, -0.2) is 30.6 Å². The molecule has 3 nitrogen and oxygen atoms in total. The second-order valence-corrected chi connectivity index (χ2v) is 2.55. The number of carbonyl (C=O) groups excluding carboxylic acids is 1. The minimum atomic E-state index is 0.0874. The van der Waals surface area contributed by atoms with Gasteiger partial charge in [0.2, 0.25) is 5.91 Å². The monoisotopic (exact) mass is 156 g/mol. The maximum absolute atomic E-state index is 11.2. The Kier molecular flexibility index (Phi) is 3.36. The molecule has 0 spiro atoms. The molecule has 1 fully saturated rings. The van der Waals surface area contributed by atoms with E-state index in [1.54, 1.807) is 4.90 Å². The lowest BCUT2D eigenvalue weighted by atomic mass is 10.4. The standard InChI is InChI=1S/C8H14NO2/c1-2-11-7-8(10)9-5-3-4-6-9/h5H,2-4,6-7H2,1H3. The Morgan fingerprint density at radius 3 is 3.09 bits per heavy atom. The van der Waals surface area contributed by atoms with Crippen LogP contribution in [-0.2, 0) is 9.53 Å². The van der Waals surface area contributed by atoms with E-state index in [4.69, 9.17) is 4.74 Å². The van der Waals surface area contributed by atoms with E-state index in [0.717, 1.165) is 19.4 Å². The number of amides is 1. The number of hydrogen-bond donors (Lipinski definition) is 0. The van der Waals surface area contributed by atoms with Gasteiger partial charge in [0, 0.05) is 13.2 Å². The largest absolute Gasteiger partial charge is 0.372 e. The third kappa shape index (κ3) is 2.50. The normalized spacial score (nSPS) is 17.4. The van der Waals surface area contributed by atoms with Gasteiger partial charge in [0.1, 0.15) is 6.61 Å². The third-order valence-corrected chi connectivity index (χ3v) is 1.70. The summed E-state index contributed by atoms with van der Waals surface area (Å²) in [6.45, 7) is 5.54. The molecule has 1 rings (SSSR count). The van der Waals surface area contributed by atoms with E-state index in [1.807, 2.05) is 13.5 Å². The van der Waals surface area contributed by atoms with Crippen molar-refractivity contribution in [3.05, 3.63) is 6.54 Å². The molecule has 11 heavy (non-hydrogen) atoms. The Morgan fingerprint density at radius 1 is 1.73 bits per heavy atom. The second-order valence-electron chi connectivity index (χ2n) is 2.55. The van der Waals surface area contributed by atoms with Crippen LogP contribution in [0.15, 0.2) is 0 Å². The molecule has 0 unspecified atom stereocenters. The van der Waals surface area contributed by atoms with Gasteiger partial charge >= 0.3 is 0 Å². The molecule has 0 aromatic heterocycles. The van der Waals surface area contributed by atoms with Gasteiger partial charge in [0.15, 0.2) is 0 Å². The fraction of sp³-hybridized carbons (Fsp3) is 0.750. The summed E-state index contributed by atoms with van der Waals surface area (Å²) in [5.74, 6) is 0.0874. The van der Waals surface area contributed by atoms with E-state index in [-0.39, 0.29) is 12.5 Å². The number of likely N-dealkylation sites (tertiary alicyclic amines) is 1. The number of rotatable bonds is 3. The first-order valence-corrected chi connectivity index (χ1v) is 4.05. The maximum atomic E-state index is 11.2. The molecule has 0 bridgehead atoms. The molecule has 3 heteroatoms. The maximum Gasteiger partial charge on any atom is 0.248 e. The summed E-state index contributed by atoms with van der Waals surface area (Å²) in [6, 6.07) is 0. The topological polar surface area (TPSA) is 29.5 Å². The highest BCUT2D eigenvalue weighted by atomic mass is 16.5. The molecule has 0 atom stereocenters. The van der Waals surface area contributed by atoms with Crippen LogP contribution in [0, 0.1) is 6.54 Å². The summed E-state index contributed by atoms with van der Waals surface area (Å²) in [5.41, 5.74) is 0. The molecule has 1 amide bonds. The van der Waals surface area contributed by atoms with E-state index in [0.29, 0.717) is 6.61 Å². The average molecular weight is 156 g/mol. The van der Waals surface area contributed by atoms with Crippen molar-refractivity contribution >= 4 is 5.91 Å². The van der Waals surface area contributed by atoms with Gasteiger partial charge < -0.3 is 9.64 Å². The van der Waals surface area contributed by atoms with Crippen molar-refractivity contribution in [3.8, 4) is 0 Å². The Hall–Kier alpha value is -0.570. The molecule has 63 valence electrons. The molecule has 0 aliphatic carbocycles. The van der Waals surface area contributed by atoms with E-state index < -0.39 is 0 Å². The lowest BCUT2D eigenvalue weighted by Crippen LogP contribution is -2.28. The van der Waals surface area contributed by atoms with E-state index in [1.165, 1.54) is 0 Å². The summed E-state index contributed by atoms with van der Waals surface area (Å²) in [6.07, 6.45) is 2.12. The highest BCUT2D eigenvalue weighted by Crippen LogP contribution is 2.11. The number of carbonyl (C=O) groups is 1. The van der Waals surface area contributed by atoms with Crippen molar-refractivity contribution in [2.45, 2.75) is 19.8 Å². The van der Waals surface area contributed by atoms with Gasteiger partial charge in [0.05, 0.1) is 6.54 Å². The van der Waals surface area contributed by atoms with Crippen LogP contribution in [0.5, 0.6) is 0 Å². The first-order valence-electron chi connectivity index (χ1n) is 4.05. The molecule has 1 radical (unpaired) electrons. The molecular weight excluding hydrogens is 142 g/mol. The fourth-order valence-corrected chi connectivity index (χ4v) is 1.10. The first kappa shape index (κ1) is 8.53. The van der Waals surface area contributed by atoms with Crippen LogP contribution in [0.4, 0.5) is 0 Å². The van der Waals surface area contributed by atoms with Gasteiger partial charge in [-0.1, -0.05) is 0 Å². The van der Waals surface area contributed by atoms with Crippen molar-refractivity contribution in [2.75, 3.05) is 19.8 Å². The molecule has 1 saturated heterocycles. The molecule has 0 N–H and O–H groups in total. The smallest absolute Gasteiger partial charge is 0.248 e. The summed E-state index contributed by atoms with van der Waals surface area (Å²) in [7, 11) is 0. The Bertz CT molecular complexity index is 130. The van der Waals surface area contributed by atoms with Gasteiger partial charge in [-0.15, -0.1) is 0 Å². The minimum Gasteiger partial charge on any atom is -0.372 e. The molecule has 1 heterocycles. The van der Waals surface area contributed by atoms with Crippen molar-refractivity contribution in [3.63, 3.8) is 0 Å². The number of hydrogen-bond acceptors (Lipinski definition) is 2. The van der Waals surface area contributed by atoms with Crippen LogP contribution in [0.2, 0.25) is 0 Å². The van der Waals surface area contributed by atoms with Crippen LogP contribution >= 0.6 is 0 Å². The van der Waals surface area contributed by atoms with Crippen LogP contribution < -0.4 is 0 Å². The second kappa shape index (κ2) is 4.34. The summed E-state index contributed by atoms with van der Waals surface area (Å²) in [5, 5.41) is 0. The zero-order chi connectivity index (χ0) is 8.10. The van der Waals surface area contributed by atoms with Crippen molar-refractivity contribution < 1.29 is 9.53 Å². The van der Waals surface area contributed by atoms with Crippen LogP contribution in [0.1, 0.15) is 19.8 Å². The van der Waals surface area contributed by atoms with Crippen molar-refractivity contribution in [1.82, 2.24) is 4.90 Å². The summed E-state index contributed by atoms with van der Waals surface area (Å²) >= 11 is 0. The highest BCUT2D eigenvalue weighted by Gasteiger charge is 2.17. The van der Waals surface area contributed by atoms with Gasteiger partial charge in [-0.2, -0.15) is 0 Å². The Morgan fingerprint density at radius 2 is 2.55 bits per heavy atom. The third-order valence-electron chi connectivity index (χ3n) is 1.70.